The first-order chi connectivity index (χ1) is 12.6. The van der Waals surface area contributed by atoms with Crippen LogP contribution in [0.2, 0.25) is 0 Å². The van der Waals surface area contributed by atoms with Crippen molar-refractivity contribution in [2.24, 2.45) is 0 Å². The number of alkyl halides is 1. The van der Waals surface area contributed by atoms with Gasteiger partial charge in [-0.2, -0.15) is 0 Å². The highest BCUT2D eigenvalue weighted by Crippen LogP contribution is 2.41. The Morgan fingerprint density at radius 2 is 1.96 bits per heavy atom. The molecule has 0 spiro atoms. The van der Waals surface area contributed by atoms with Gasteiger partial charge < -0.3 is 14.4 Å². The third kappa shape index (κ3) is 3.99. The highest BCUT2D eigenvalue weighted by atomic mass is 19.1. The summed E-state index contributed by atoms with van der Waals surface area (Å²) in [6.07, 6.45) is 2.11. The molecule has 1 aromatic rings. The van der Waals surface area contributed by atoms with Crippen LogP contribution < -0.4 is 4.74 Å². The van der Waals surface area contributed by atoms with E-state index in [-0.39, 0.29) is 5.91 Å². The van der Waals surface area contributed by atoms with Gasteiger partial charge in [0, 0.05) is 50.9 Å². The Labute approximate surface area is 153 Å². The summed E-state index contributed by atoms with van der Waals surface area (Å²) in [6, 6.07) is 3.93. The minimum atomic E-state index is -1.59. The van der Waals surface area contributed by atoms with Crippen LogP contribution in [0.15, 0.2) is 12.1 Å². The normalized spacial score (nSPS) is 22.4. The Kier molecular flexibility index (Phi) is 5.09. The highest BCUT2D eigenvalue weighted by molar-refractivity contribution is 5.88. The van der Waals surface area contributed by atoms with Crippen LogP contribution in [0.3, 0.4) is 0 Å². The van der Waals surface area contributed by atoms with Gasteiger partial charge in [-0.15, -0.1) is 0 Å². The summed E-state index contributed by atoms with van der Waals surface area (Å²) in [5.74, 6) is 0.285. The van der Waals surface area contributed by atoms with Gasteiger partial charge >= 0.3 is 0 Å². The third-order valence-electron chi connectivity index (χ3n) is 5.43. The van der Waals surface area contributed by atoms with Gasteiger partial charge in [0.05, 0.1) is 13.2 Å². The molecule has 0 unspecified atom stereocenters. The van der Waals surface area contributed by atoms with Gasteiger partial charge in [-0.05, 0) is 24.8 Å². The highest BCUT2D eigenvalue weighted by Gasteiger charge is 2.52. The molecule has 0 aromatic carbocycles. The van der Waals surface area contributed by atoms with Crippen LogP contribution in [0.25, 0.3) is 0 Å². The average Bonchev–Trinajstić information content (AvgIpc) is 3.45. The summed E-state index contributed by atoms with van der Waals surface area (Å²) in [6.45, 7) is 6.02. The van der Waals surface area contributed by atoms with Crippen molar-refractivity contribution in [2.45, 2.75) is 31.4 Å². The molecule has 2 fully saturated rings. The summed E-state index contributed by atoms with van der Waals surface area (Å²) in [7, 11) is 0. The Balaban J connectivity index is 1.31. The van der Waals surface area contributed by atoms with Crippen molar-refractivity contribution in [1.29, 1.82) is 0 Å². The van der Waals surface area contributed by atoms with Crippen molar-refractivity contribution < 1.29 is 18.7 Å². The molecule has 7 heteroatoms. The Bertz CT molecular complexity index is 659. The number of hydrogen-bond donors (Lipinski definition) is 0. The molecule has 6 nitrogen and oxygen atoms in total. The third-order valence-corrected chi connectivity index (χ3v) is 5.43. The summed E-state index contributed by atoms with van der Waals surface area (Å²) in [5.41, 5.74) is 0.509. The molecule has 1 saturated heterocycles. The lowest BCUT2D eigenvalue weighted by molar-refractivity contribution is -0.138. The van der Waals surface area contributed by atoms with Crippen molar-refractivity contribution in [2.75, 3.05) is 52.5 Å². The zero-order chi connectivity index (χ0) is 18.0. The fraction of sp³-hybridized carbons (Fsp3) is 0.684. The lowest BCUT2D eigenvalue weighted by Crippen LogP contribution is -2.40. The summed E-state index contributed by atoms with van der Waals surface area (Å²) in [5, 5.41) is 0. The number of pyridine rings is 1. The number of morpholine rings is 1. The fourth-order valence-corrected chi connectivity index (χ4v) is 3.56. The molecule has 3 heterocycles. The second-order valence-corrected chi connectivity index (χ2v) is 7.32. The number of nitrogens with zero attached hydrogens (tertiary/aromatic N) is 3. The zero-order valence-corrected chi connectivity index (χ0v) is 15.1. The van der Waals surface area contributed by atoms with E-state index in [1.165, 1.54) is 0 Å². The standard InChI is InChI=1S/C19H26FN3O3/c20-19(5-6-19)18(24)23-7-3-15-1-2-17(21-16(15)4-8-23)26-14-11-22-9-12-25-13-10-22/h1-2H,3-14H2. The first kappa shape index (κ1) is 17.7. The van der Waals surface area contributed by atoms with E-state index in [0.29, 0.717) is 44.8 Å². The maximum atomic E-state index is 14.1. The zero-order valence-electron chi connectivity index (χ0n) is 15.1. The molecule has 26 heavy (non-hydrogen) atoms. The number of fused-ring (bicyclic) bond motifs is 1. The van der Waals surface area contributed by atoms with Gasteiger partial charge in [0.15, 0.2) is 5.67 Å². The van der Waals surface area contributed by atoms with Gasteiger partial charge in [-0.1, -0.05) is 6.07 Å². The predicted molar refractivity (Wildman–Crippen MR) is 94.1 cm³/mol. The molecule has 0 bridgehead atoms. The van der Waals surface area contributed by atoms with E-state index in [9.17, 15) is 9.18 Å². The van der Waals surface area contributed by atoms with E-state index >= 15 is 0 Å². The maximum absolute atomic E-state index is 14.1. The van der Waals surface area contributed by atoms with E-state index in [0.717, 1.165) is 50.5 Å². The molecule has 142 valence electrons. The van der Waals surface area contributed by atoms with E-state index in [4.69, 9.17) is 9.47 Å². The van der Waals surface area contributed by atoms with E-state index in [1.807, 2.05) is 12.1 Å². The van der Waals surface area contributed by atoms with Gasteiger partial charge in [0.25, 0.3) is 5.91 Å². The van der Waals surface area contributed by atoms with Gasteiger partial charge in [0.1, 0.15) is 6.61 Å². The number of halogens is 1. The molecule has 2 aliphatic heterocycles. The molecule has 1 saturated carbocycles. The largest absolute Gasteiger partial charge is 0.476 e. The predicted octanol–water partition coefficient (Wildman–Crippen LogP) is 1.22. The van der Waals surface area contributed by atoms with Crippen LogP contribution in [-0.2, 0) is 22.4 Å². The van der Waals surface area contributed by atoms with Gasteiger partial charge in [-0.3, -0.25) is 9.69 Å². The van der Waals surface area contributed by atoms with Crippen LogP contribution in [0.5, 0.6) is 5.88 Å². The lowest BCUT2D eigenvalue weighted by atomic mass is 10.1. The summed E-state index contributed by atoms with van der Waals surface area (Å²) in [4.78, 5) is 20.8. The van der Waals surface area contributed by atoms with E-state index in [1.54, 1.807) is 4.90 Å². The molecular formula is C19H26FN3O3. The molecule has 4 rings (SSSR count). The summed E-state index contributed by atoms with van der Waals surface area (Å²) >= 11 is 0. The van der Waals surface area contributed by atoms with Crippen molar-refractivity contribution >= 4 is 5.91 Å². The number of carbonyl (C=O) groups excluding carboxylic acids is 1. The number of ether oxygens (including phenoxy) is 2. The van der Waals surface area contributed by atoms with Crippen LogP contribution >= 0.6 is 0 Å². The molecule has 0 N–H and O–H groups in total. The lowest BCUT2D eigenvalue weighted by Gasteiger charge is -2.26. The van der Waals surface area contributed by atoms with Crippen molar-refractivity contribution in [1.82, 2.24) is 14.8 Å². The van der Waals surface area contributed by atoms with E-state index in [2.05, 4.69) is 9.88 Å². The molecule has 1 amide bonds. The van der Waals surface area contributed by atoms with Crippen LogP contribution in [0.1, 0.15) is 24.1 Å². The van der Waals surface area contributed by atoms with Crippen molar-refractivity contribution in [3.8, 4) is 5.88 Å². The van der Waals surface area contributed by atoms with Crippen LogP contribution in [-0.4, -0.2) is 78.9 Å². The molecule has 0 atom stereocenters. The topological polar surface area (TPSA) is 54.9 Å². The second kappa shape index (κ2) is 7.48. The fourth-order valence-electron chi connectivity index (χ4n) is 3.56. The van der Waals surface area contributed by atoms with Gasteiger partial charge in [0.2, 0.25) is 5.88 Å². The molecular weight excluding hydrogens is 337 g/mol. The number of amides is 1. The Hall–Kier alpha value is -1.73. The molecule has 1 aromatic heterocycles. The monoisotopic (exact) mass is 363 g/mol. The van der Waals surface area contributed by atoms with Crippen LogP contribution in [0.4, 0.5) is 4.39 Å². The minimum absolute atomic E-state index is 0.340. The maximum Gasteiger partial charge on any atom is 0.260 e. The Morgan fingerprint density at radius 3 is 2.73 bits per heavy atom. The molecule has 3 aliphatic rings. The van der Waals surface area contributed by atoms with Crippen LogP contribution in [0, 0.1) is 0 Å². The number of aromatic nitrogens is 1. The first-order valence-electron chi connectivity index (χ1n) is 9.54. The quantitative estimate of drug-likeness (QED) is 0.787. The number of rotatable bonds is 5. The number of hydrogen-bond acceptors (Lipinski definition) is 5. The minimum Gasteiger partial charge on any atom is -0.476 e. The SMILES string of the molecule is O=C(N1CCc2ccc(OCCN3CCOCC3)nc2CC1)C1(F)CC1. The smallest absolute Gasteiger partial charge is 0.260 e. The van der Waals surface area contributed by atoms with Crippen molar-refractivity contribution in [3.05, 3.63) is 23.4 Å². The van der Waals surface area contributed by atoms with E-state index < -0.39 is 5.67 Å². The summed E-state index contributed by atoms with van der Waals surface area (Å²) < 4.78 is 25.2. The Morgan fingerprint density at radius 1 is 1.19 bits per heavy atom. The van der Waals surface area contributed by atoms with Crippen molar-refractivity contribution in [3.63, 3.8) is 0 Å². The molecule has 0 radical (unpaired) electrons. The van der Waals surface area contributed by atoms with Gasteiger partial charge in [-0.25, -0.2) is 9.37 Å². The number of carbonyl (C=O) groups is 1. The second-order valence-electron chi connectivity index (χ2n) is 7.32. The molecule has 1 aliphatic carbocycles. The average molecular weight is 363 g/mol. The first-order valence-corrected chi connectivity index (χ1v) is 9.54.